The van der Waals surface area contributed by atoms with E-state index in [0.717, 1.165) is 0 Å². The summed E-state index contributed by atoms with van der Waals surface area (Å²) in [6, 6.07) is -0.0722. The average Bonchev–Trinajstić information content (AvgIpc) is 3.35. The number of nitrogens with zero attached hydrogens (tertiary/aromatic N) is 1. The van der Waals surface area contributed by atoms with Crippen LogP contribution in [-0.4, -0.2) is 90.8 Å². The molecule has 0 saturated heterocycles. The molecule has 1 heterocycles. The Hall–Kier alpha value is -4.50. The highest BCUT2D eigenvalue weighted by Crippen LogP contribution is 2.12. The lowest BCUT2D eigenvalue weighted by atomic mass is 10.0. The molecule has 0 saturated carbocycles. The number of imidazole rings is 1. The SMILES string of the molecule is NC(CC(=O)O)C(=O)NC(Cc1ccc(O)cc1)C(=O)NC(Cc1cnc[nH]1)C(=O)NC(CO)C(=O)O. The lowest BCUT2D eigenvalue weighted by Crippen LogP contribution is -2.58. The summed E-state index contributed by atoms with van der Waals surface area (Å²) in [7, 11) is 0. The Morgan fingerprint density at radius 2 is 1.46 bits per heavy atom. The second-order valence-corrected chi connectivity index (χ2v) is 8.06. The van der Waals surface area contributed by atoms with Gasteiger partial charge in [-0.15, -0.1) is 0 Å². The third kappa shape index (κ3) is 9.23. The van der Waals surface area contributed by atoms with Gasteiger partial charge in [-0.2, -0.15) is 0 Å². The smallest absolute Gasteiger partial charge is 0.328 e. The van der Waals surface area contributed by atoms with E-state index in [4.69, 9.17) is 15.9 Å². The summed E-state index contributed by atoms with van der Waals surface area (Å²) in [6.45, 7) is -0.896. The highest BCUT2D eigenvalue weighted by Gasteiger charge is 2.31. The van der Waals surface area contributed by atoms with Crippen molar-refractivity contribution in [3.8, 4) is 5.75 Å². The molecular formula is C22H28N6O9. The number of H-pyrrole nitrogens is 1. The predicted octanol–water partition coefficient (Wildman–Crippen LogP) is -2.77. The first-order valence-corrected chi connectivity index (χ1v) is 11.0. The van der Waals surface area contributed by atoms with Crippen LogP contribution in [0.25, 0.3) is 0 Å². The quantitative estimate of drug-likeness (QED) is 0.123. The van der Waals surface area contributed by atoms with Crippen LogP contribution in [0, 0.1) is 0 Å². The molecule has 2 rings (SSSR count). The number of hydrogen-bond acceptors (Lipinski definition) is 9. The molecule has 1 aromatic heterocycles. The van der Waals surface area contributed by atoms with E-state index in [9.17, 15) is 34.2 Å². The Kier molecular flexibility index (Phi) is 10.5. The number of carbonyl (C=O) groups is 5. The number of carboxylic acid groups (broad SMARTS) is 2. The van der Waals surface area contributed by atoms with Gasteiger partial charge in [-0.3, -0.25) is 19.2 Å². The number of nitrogens with one attached hydrogen (secondary N) is 4. The van der Waals surface area contributed by atoms with E-state index in [2.05, 4.69) is 25.9 Å². The molecule has 4 unspecified atom stereocenters. The van der Waals surface area contributed by atoms with Gasteiger partial charge >= 0.3 is 11.9 Å². The fourth-order valence-corrected chi connectivity index (χ4v) is 3.19. The minimum Gasteiger partial charge on any atom is -0.508 e. The number of aliphatic carboxylic acids is 2. The first-order chi connectivity index (χ1) is 17.5. The lowest BCUT2D eigenvalue weighted by molar-refractivity contribution is -0.143. The number of nitrogens with two attached hydrogens (primary N) is 1. The molecule has 0 spiro atoms. The maximum Gasteiger partial charge on any atom is 0.328 e. The number of amides is 3. The molecule has 200 valence electrons. The van der Waals surface area contributed by atoms with Crippen molar-refractivity contribution in [1.29, 1.82) is 0 Å². The van der Waals surface area contributed by atoms with Crippen molar-refractivity contribution in [3.05, 3.63) is 48.0 Å². The number of aliphatic hydroxyl groups is 1. The van der Waals surface area contributed by atoms with Gasteiger partial charge in [0.2, 0.25) is 17.7 Å². The minimum atomic E-state index is -1.63. The van der Waals surface area contributed by atoms with Gasteiger partial charge in [0.05, 0.1) is 25.4 Å². The fourth-order valence-electron chi connectivity index (χ4n) is 3.19. The van der Waals surface area contributed by atoms with Gasteiger partial charge in [-0.1, -0.05) is 12.1 Å². The summed E-state index contributed by atoms with van der Waals surface area (Å²) in [4.78, 5) is 67.2. The standard InChI is InChI=1S/C22H28N6O9/c23-14(7-18(31)32)19(33)26-15(5-11-1-3-13(30)4-2-11)20(34)27-16(6-12-8-24-10-25-12)21(35)28-17(9-29)22(36)37/h1-4,8,10,14-17,29-30H,5-7,9,23H2,(H,24,25)(H,26,33)(H,27,34)(H,28,35)(H,31,32)(H,36,37). The van der Waals surface area contributed by atoms with Crippen LogP contribution in [0.2, 0.25) is 0 Å². The van der Waals surface area contributed by atoms with Crippen LogP contribution < -0.4 is 21.7 Å². The zero-order valence-corrected chi connectivity index (χ0v) is 19.5. The lowest BCUT2D eigenvalue weighted by Gasteiger charge is -2.25. The number of phenolic OH excluding ortho intramolecular Hbond substituents is 1. The van der Waals surface area contributed by atoms with Gasteiger partial charge in [0, 0.05) is 24.7 Å². The van der Waals surface area contributed by atoms with Crippen molar-refractivity contribution in [2.75, 3.05) is 6.61 Å². The normalized spacial score (nSPS) is 14.0. The maximum absolute atomic E-state index is 13.2. The van der Waals surface area contributed by atoms with Crippen LogP contribution in [0.4, 0.5) is 0 Å². The van der Waals surface area contributed by atoms with Gasteiger partial charge < -0.3 is 47.1 Å². The Morgan fingerprint density at radius 3 is 1.97 bits per heavy atom. The summed E-state index contributed by atoms with van der Waals surface area (Å²) in [5.74, 6) is -5.57. The van der Waals surface area contributed by atoms with E-state index in [1.807, 2.05) is 0 Å². The van der Waals surface area contributed by atoms with Crippen molar-refractivity contribution < 1.29 is 44.4 Å². The van der Waals surface area contributed by atoms with Gasteiger partial charge in [0.1, 0.15) is 23.9 Å². The molecule has 15 nitrogen and oxygen atoms in total. The van der Waals surface area contributed by atoms with Crippen LogP contribution in [0.3, 0.4) is 0 Å². The Bertz CT molecular complexity index is 1090. The van der Waals surface area contributed by atoms with Gasteiger partial charge in [0.25, 0.3) is 0 Å². The number of aromatic nitrogens is 2. The van der Waals surface area contributed by atoms with Crippen LogP contribution in [-0.2, 0) is 36.8 Å². The van der Waals surface area contributed by atoms with Crippen LogP contribution in [0.1, 0.15) is 17.7 Å². The van der Waals surface area contributed by atoms with Crippen molar-refractivity contribution >= 4 is 29.7 Å². The summed E-state index contributed by atoms with van der Waals surface area (Å²) >= 11 is 0. The van der Waals surface area contributed by atoms with Crippen molar-refractivity contribution in [1.82, 2.24) is 25.9 Å². The Morgan fingerprint density at radius 1 is 0.892 bits per heavy atom. The maximum atomic E-state index is 13.2. The Labute approximate surface area is 210 Å². The number of aromatic amines is 1. The largest absolute Gasteiger partial charge is 0.508 e. The molecule has 10 N–H and O–H groups in total. The summed E-state index contributed by atoms with van der Waals surface area (Å²) < 4.78 is 0. The molecule has 37 heavy (non-hydrogen) atoms. The first-order valence-electron chi connectivity index (χ1n) is 11.0. The van der Waals surface area contributed by atoms with Crippen molar-refractivity contribution in [3.63, 3.8) is 0 Å². The fraction of sp³-hybridized carbons (Fsp3) is 0.364. The monoisotopic (exact) mass is 520 g/mol. The summed E-state index contributed by atoms with van der Waals surface area (Å²) in [5, 5.41) is 43.7. The molecule has 15 heteroatoms. The third-order valence-corrected chi connectivity index (χ3v) is 5.15. The molecule has 1 aromatic carbocycles. The van der Waals surface area contributed by atoms with E-state index in [-0.39, 0.29) is 18.6 Å². The molecular weight excluding hydrogens is 492 g/mol. The number of aliphatic hydroxyl groups excluding tert-OH is 1. The van der Waals surface area contributed by atoms with E-state index in [1.54, 1.807) is 0 Å². The number of carbonyl (C=O) groups excluding carboxylic acids is 3. The van der Waals surface area contributed by atoms with E-state index >= 15 is 0 Å². The summed E-state index contributed by atoms with van der Waals surface area (Å²) in [6.07, 6.45) is 1.76. The first kappa shape index (κ1) is 28.7. The molecule has 4 atom stereocenters. The molecule has 0 aliphatic heterocycles. The molecule has 3 amide bonds. The number of hydrogen-bond donors (Lipinski definition) is 9. The minimum absolute atomic E-state index is 0.0366. The van der Waals surface area contributed by atoms with Crippen LogP contribution >= 0.6 is 0 Å². The zero-order valence-electron chi connectivity index (χ0n) is 19.5. The number of carboxylic acids is 2. The number of rotatable bonds is 14. The van der Waals surface area contributed by atoms with E-state index in [1.165, 1.54) is 36.8 Å². The predicted molar refractivity (Wildman–Crippen MR) is 125 cm³/mol. The van der Waals surface area contributed by atoms with Crippen LogP contribution in [0.5, 0.6) is 5.75 Å². The number of aromatic hydroxyl groups is 1. The molecule has 0 aliphatic carbocycles. The van der Waals surface area contributed by atoms with E-state index < -0.39 is 66.9 Å². The Balaban J connectivity index is 2.27. The molecule has 0 fully saturated rings. The van der Waals surface area contributed by atoms with E-state index in [0.29, 0.717) is 11.3 Å². The van der Waals surface area contributed by atoms with Gasteiger partial charge in [-0.25, -0.2) is 9.78 Å². The third-order valence-electron chi connectivity index (χ3n) is 5.15. The highest BCUT2D eigenvalue weighted by molar-refractivity contribution is 5.95. The van der Waals surface area contributed by atoms with Crippen molar-refractivity contribution in [2.45, 2.75) is 43.4 Å². The van der Waals surface area contributed by atoms with Crippen LogP contribution in [0.15, 0.2) is 36.8 Å². The topological polar surface area (TPSA) is 257 Å². The second-order valence-electron chi connectivity index (χ2n) is 8.06. The second kappa shape index (κ2) is 13.6. The molecule has 0 aliphatic rings. The van der Waals surface area contributed by atoms with Gasteiger partial charge in [-0.05, 0) is 17.7 Å². The molecule has 0 bridgehead atoms. The van der Waals surface area contributed by atoms with Crippen molar-refractivity contribution in [2.24, 2.45) is 5.73 Å². The molecule has 0 radical (unpaired) electrons. The summed E-state index contributed by atoms with van der Waals surface area (Å²) in [5.41, 5.74) is 6.53. The zero-order chi connectivity index (χ0) is 27.5. The van der Waals surface area contributed by atoms with Gasteiger partial charge in [0.15, 0.2) is 0 Å². The number of phenols is 1. The number of benzene rings is 1. The highest BCUT2D eigenvalue weighted by atomic mass is 16.4. The average molecular weight is 520 g/mol. The molecule has 2 aromatic rings.